The molecular formula is C19H19N3O4S. The average molecular weight is 385 g/mol. The molecule has 0 atom stereocenters. The molecule has 1 heterocycles. The van der Waals surface area contributed by atoms with Crippen LogP contribution < -0.4 is 10.0 Å². The van der Waals surface area contributed by atoms with Crippen LogP contribution in [0, 0.1) is 13.8 Å². The first-order valence-electron chi connectivity index (χ1n) is 8.25. The third-order valence-electron chi connectivity index (χ3n) is 3.99. The number of hydrogen-bond donors (Lipinski definition) is 2. The molecule has 0 saturated heterocycles. The Bertz CT molecular complexity index is 1020. The van der Waals surface area contributed by atoms with E-state index in [0.29, 0.717) is 22.7 Å². The van der Waals surface area contributed by atoms with Crippen molar-refractivity contribution in [1.82, 2.24) is 9.88 Å². The maximum atomic E-state index is 12.4. The summed E-state index contributed by atoms with van der Waals surface area (Å²) in [7, 11) is -3.65. The average Bonchev–Trinajstić information content (AvgIpc) is 3.00. The summed E-state index contributed by atoms with van der Waals surface area (Å²) in [4.78, 5) is 12.4. The number of benzene rings is 2. The zero-order valence-corrected chi connectivity index (χ0v) is 15.7. The highest BCUT2D eigenvalue weighted by Crippen LogP contribution is 2.18. The van der Waals surface area contributed by atoms with Crippen LogP contribution in [0.2, 0.25) is 0 Å². The normalized spacial score (nSPS) is 11.3. The van der Waals surface area contributed by atoms with Crippen LogP contribution in [-0.2, 0) is 16.6 Å². The van der Waals surface area contributed by atoms with Crippen molar-refractivity contribution in [3.8, 4) is 0 Å². The van der Waals surface area contributed by atoms with E-state index in [4.69, 9.17) is 4.52 Å². The molecule has 0 radical (unpaired) electrons. The molecule has 3 rings (SSSR count). The van der Waals surface area contributed by atoms with Crippen LogP contribution in [0.25, 0.3) is 0 Å². The first-order valence-corrected chi connectivity index (χ1v) is 9.73. The molecule has 2 aromatic carbocycles. The number of rotatable bonds is 6. The molecule has 2 N–H and O–H groups in total. The number of nitrogens with one attached hydrogen (secondary N) is 2. The third-order valence-corrected chi connectivity index (χ3v) is 5.41. The maximum Gasteiger partial charge on any atom is 0.261 e. The number of carbonyl (C=O) groups excluding carboxylic acids is 1. The molecule has 1 amide bonds. The lowest BCUT2D eigenvalue weighted by atomic mass is 10.2. The van der Waals surface area contributed by atoms with Crippen molar-refractivity contribution in [3.63, 3.8) is 0 Å². The first kappa shape index (κ1) is 18.8. The van der Waals surface area contributed by atoms with E-state index in [1.54, 1.807) is 13.8 Å². The molecule has 0 bridgehead atoms. The monoisotopic (exact) mass is 385 g/mol. The summed E-state index contributed by atoms with van der Waals surface area (Å²) in [5.74, 6) is 0.0679. The summed E-state index contributed by atoms with van der Waals surface area (Å²) >= 11 is 0. The summed E-state index contributed by atoms with van der Waals surface area (Å²) in [6.07, 6.45) is 0. The van der Waals surface area contributed by atoms with Crippen molar-refractivity contribution >= 4 is 21.6 Å². The fourth-order valence-corrected chi connectivity index (χ4v) is 3.59. The summed E-state index contributed by atoms with van der Waals surface area (Å²) < 4.78 is 32.3. The first-order chi connectivity index (χ1) is 12.9. The molecule has 27 heavy (non-hydrogen) atoms. The SMILES string of the molecule is Cc1noc(C)c1C(=O)Nc1ccc(S(=O)(=O)NCc2ccccc2)cc1. The zero-order valence-electron chi connectivity index (χ0n) is 14.9. The highest BCUT2D eigenvalue weighted by Gasteiger charge is 2.18. The van der Waals surface area contributed by atoms with Gasteiger partial charge in [-0.15, -0.1) is 0 Å². The van der Waals surface area contributed by atoms with Gasteiger partial charge >= 0.3 is 0 Å². The molecule has 0 aliphatic rings. The Morgan fingerprint density at radius 3 is 2.30 bits per heavy atom. The van der Waals surface area contributed by atoms with Crippen molar-refractivity contribution in [2.45, 2.75) is 25.3 Å². The summed E-state index contributed by atoms with van der Waals surface area (Å²) in [5.41, 5.74) is 2.21. The summed E-state index contributed by atoms with van der Waals surface area (Å²) in [6, 6.07) is 15.2. The van der Waals surface area contributed by atoms with E-state index in [0.717, 1.165) is 5.56 Å². The Hall–Kier alpha value is -2.97. The Kier molecular flexibility index (Phi) is 5.38. The number of anilines is 1. The minimum Gasteiger partial charge on any atom is -0.361 e. The standard InChI is InChI=1S/C19H19N3O4S/c1-13-18(14(2)26-22-13)19(23)21-16-8-10-17(11-9-16)27(24,25)20-12-15-6-4-3-5-7-15/h3-11,20H,12H2,1-2H3,(H,21,23). The van der Waals surface area contributed by atoms with E-state index in [-0.39, 0.29) is 17.3 Å². The molecule has 3 aromatic rings. The quantitative estimate of drug-likeness (QED) is 0.679. The number of aryl methyl sites for hydroxylation is 2. The Labute approximate surface area is 157 Å². The second kappa shape index (κ2) is 7.73. The van der Waals surface area contributed by atoms with Crippen molar-refractivity contribution in [1.29, 1.82) is 0 Å². The van der Waals surface area contributed by atoms with Crippen molar-refractivity contribution in [3.05, 3.63) is 77.2 Å². The van der Waals surface area contributed by atoms with Crippen LogP contribution in [0.3, 0.4) is 0 Å². The lowest BCUT2D eigenvalue weighted by molar-refractivity contribution is 0.102. The van der Waals surface area contributed by atoms with Crippen LogP contribution in [0.15, 0.2) is 64.0 Å². The van der Waals surface area contributed by atoms with Crippen LogP contribution in [-0.4, -0.2) is 19.5 Å². The molecule has 0 aliphatic carbocycles. The van der Waals surface area contributed by atoms with E-state index >= 15 is 0 Å². The van der Waals surface area contributed by atoms with Crippen molar-refractivity contribution in [2.75, 3.05) is 5.32 Å². The van der Waals surface area contributed by atoms with Crippen LogP contribution in [0.5, 0.6) is 0 Å². The van der Waals surface area contributed by atoms with E-state index < -0.39 is 10.0 Å². The van der Waals surface area contributed by atoms with Gasteiger partial charge in [0, 0.05) is 12.2 Å². The lowest BCUT2D eigenvalue weighted by Gasteiger charge is -2.09. The lowest BCUT2D eigenvalue weighted by Crippen LogP contribution is -2.23. The third kappa shape index (κ3) is 4.42. The molecule has 7 nitrogen and oxygen atoms in total. The van der Waals surface area contributed by atoms with Gasteiger partial charge in [0.25, 0.3) is 5.91 Å². The van der Waals surface area contributed by atoms with E-state index in [9.17, 15) is 13.2 Å². The molecule has 0 aliphatic heterocycles. The summed E-state index contributed by atoms with van der Waals surface area (Å²) in [5, 5.41) is 6.46. The van der Waals surface area contributed by atoms with Gasteiger partial charge in [0.2, 0.25) is 10.0 Å². The molecule has 8 heteroatoms. The predicted molar refractivity (Wildman–Crippen MR) is 101 cm³/mol. The topological polar surface area (TPSA) is 101 Å². The Morgan fingerprint density at radius 2 is 1.70 bits per heavy atom. The van der Waals surface area contributed by atoms with Gasteiger partial charge in [-0.3, -0.25) is 4.79 Å². The minimum atomic E-state index is -3.65. The van der Waals surface area contributed by atoms with Gasteiger partial charge in [0.1, 0.15) is 11.3 Å². The minimum absolute atomic E-state index is 0.119. The zero-order chi connectivity index (χ0) is 19.4. The van der Waals surface area contributed by atoms with Gasteiger partial charge in [0.15, 0.2) is 0 Å². The molecule has 0 spiro atoms. The molecule has 0 unspecified atom stereocenters. The number of aromatic nitrogens is 1. The fraction of sp³-hybridized carbons (Fsp3) is 0.158. The predicted octanol–water partition coefficient (Wildman–Crippen LogP) is 3.02. The highest BCUT2D eigenvalue weighted by molar-refractivity contribution is 7.89. The van der Waals surface area contributed by atoms with Crippen LogP contribution in [0.4, 0.5) is 5.69 Å². The highest BCUT2D eigenvalue weighted by atomic mass is 32.2. The fourth-order valence-electron chi connectivity index (χ4n) is 2.58. The smallest absolute Gasteiger partial charge is 0.261 e. The summed E-state index contributed by atoms with van der Waals surface area (Å²) in [6.45, 7) is 3.54. The second-order valence-corrected chi connectivity index (χ2v) is 7.75. The number of hydrogen-bond acceptors (Lipinski definition) is 5. The Morgan fingerprint density at radius 1 is 1.04 bits per heavy atom. The van der Waals surface area contributed by atoms with Crippen molar-refractivity contribution < 1.29 is 17.7 Å². The number of carbonyl (C=O) groups is 1. The number of nitrogens with zero attached hydrogens (tertiary/aromatic N) is 1. The molecule has 140 valence electrons. The molecule has 0 fully saturated rings. The Balaban J connectivity index is 1.68. The van der Waals surface area contributed by atoms with Gasteiger partial charge in [-0.05, 0) is 43.7 Å². The van der Waals surface area contributed by atoms with E-state index in [1.165, 1.54) is 24.3 Å². The van der Waals surface area contributed by atoms with Crippen LogP contribution in [0.1, 0.15) is 27.4 Å². The largest absolute Gasteiger partial charge is 0.361 e. The van der Waals surface area contributed by atoms with Gasteiger partial charge in [-0.1, -0.05) is 35.5 Å². The maximum absolute atomic E-state index is 12.4. The van der Waals surface area contributed by atoms with Crippen LogP contribution >= 0.6 is 0 Å². The van der Waals surface area contributed by atoms with E-state index in [1.807, 2.05) is 30.3 Å². The van der Waals surface area contributed by atoms with Gasteiger partial charge in [0.05, 0.1) is 10.6 Å². The number of amides is 1. The van der Waals surface area contributed by atoms with E-state index in [2.05, 4.69) is 15.2 Å². The van der Waals surface area contributed by atoms with Crippen molar-refractivity contribution in [2.24, 2.45) is 0 Å². The number of sulfonamides is 1. The second-order valence-electron chi connectivity index (χ2n) is 5.99. The molecule has 0 saturated carbocycles. The molecule has 1 aromatic heterocycles. The van der Waals surface area contributed by atoms with Gasteiger partial charge in [-0.25, -0.2) is 13.1 Å². The van der Waals surface area contributed by atoms with Gasteiger partial charge in [-0.2, -0.15) is 0 Å². The molecular weight excluding hydrogens is 366 g/mol. The van der Waals surface area contributed by atoms with Gasteiger partial charge < -0.3 is 9.84 Å².